The maximum absolute atomic E-state index is 10.1. The van der Waals surface area contributed by atoms with Crippen LogP contribution in [-0.4, -0.2) is 40.7 Å². The predicted molar refractivity (Wildman–Crippen MR) is 86.5 cm³/mol. The molecule has 2 aromatic rings. The summed E-state index contributed by atoms with van der Waals surface area (Å²) >= 11 is 0. The van der Waals surface area contributed by atoms with Gasteiger partial charge in [0.25, 0.3) is 0 Å². The highest BCUT2D eigenvalue weighted by Crippen LogP contribution is 2.13. The smallest absolute Gasteiger partial charge is 0.194 e. The largest absolute Gasteiger partial charge is 0.467 e. The Kier molecular flexibility index (Phi) is 5.66. The number of furan rings is 1. The summed E-state index contributed by atoms with van der Waals surface area (Å²) in [6.07, 6.45) is 2.84. The first-order valence-corrected chi connectivity index (χ1v) is 7.43. The maximum Gasteiger partial charge on any atom is 0.194 e. The minimum atomic E-state index is -0.730. The molecule has 2 aromatic heterocycles. The summed E-state index contributed by atoms with van der Waals surface area (Å²) in [6, 6.07) is 7.61. The molecule has 1 unspecified atom stereocenters. The van der Waals surface area contributed by atoms with Crippen LogP contribution >= 0.6 is 0 Å². The molecule has 6 nitrogen and oxygen atoms in total. The molecule has 0 amide bonds. The van der Waals surface area contributed by atoms with Crippen LogP contribution in [0, 0.1) is 0 Å². The Morgan fingerprint density at radius 1 is 1.45 bits per heavy atom. The van der Waals surface area contributed by atoms with E-state index >= 15 is 0 Å². The fourth-order valence-electron chi connectivity index (χ4n) is 2.19. The van der Waals surface area contributed by atoms with Crippen molar-refractivity contribution < 1.29 is 9.52 Å². The van der Waals surface area contributed by atoms with E-state index in [-0.39, 0.29) is 6.54 Å². The monoisotopic (exact) mass is 304 g/mol. The molecule has 0 bridgehead atoms. The van der Waals surface area contributed by atoms with E-state index in [0.717, 1.165) is 19.0 Å². The lowest BCUT2D eigenvalue weighted by molar-refractivity contribution is 0.158. The van der Waals surface area contributed by atoms with Crippen molar-refractivity contribution in [3.8, 4) is 0 Å². The molecule has 2 N–H and O–H groups in total. The standard InChI is InChI=1S/C16H24N4O2/c1-4-17-16(18-11-14(21)15-8-6-10-22-15)20(3)12-13-7-5-9-19(13)2/h5-10,14,21H,4,11-12H2,1-3H3,(H,17,18). The van der Waals surface area contributed by atoms with Gasteiger partial charge >= 0.3 is 0 Å². The minimum absolute atomic E-state index is 0.257. The summed E-state index contributed by atoms with van der Waals surface area (Å²) in [6.45, 7) is 3.79. The van der Waals surface area contributed by atoms with Gasteiger partial charge in [0.1, 0.15) is 11.9 Å². The predicted octanol–water partition coefficient (Wildman–Crippen LogP) is 1.75. The Balaban J connectivity index is 2.01. The first kappa shape index (κ1) is 16.2. The van der Waals surface area contributed by atoms with Gasteiger partial charge in [0.2, 0.25) is 0 Å². The zero-order valence-corrected chi connectivity index (χ0v) is 13.4. The summed E-state index contributed by atoms with van der Waals surface area (Å²) in [7, 11) is 4.00. The maximum atomic E-state index is 10.1. The zero-order valence-electron chi connectivity index (χ0n) is 13.4. The van der Waals surface area contributed by atoms with Gasteiger partial charge in [0.15, 0.2) is 5.96 Å². The summed E-state index contributed by atoms with van der Waals surface area (Å²) < 4.78 is 7.27. The number of aliphatic imine (C=N–C) groups is 1. The molecule has 2 rings (SSSR count). The van der Waals surface area contributed by atoms with E-state index in [9.17, 15) is 5.11 Å². The van der Waals surface area contributed by atoms with Crippen LogP contribution in [-0.2, 0) is 13.6 Å². The molecular formula is C16H24N4O2. The molecule has 0 fully saturated rings. The summed E-state index contributed by atoms with van der Waals surface area (Å²) in [4.78, 5) is 6.53. The second-order valence-corrected chi connectivity index (χ2v) is 5.19. The van der Waals surface area contributed by atoms with Crippen molar-refractivity contribution in [3.05, 3.63) is 48.2 Å². The number of hydrogen-bond acceptors (Lipinski definition) is 3. The van der Waals surface area contributed by atoms with Crippen LogP contribution in [0.3, 0.4) is 0 Å². The Labute approximate surface area is 131 Å². The van der Waals surface area contributed by atoms with Gasteiger partial charge in [-0.1, -0.05) is 0 Å². The van der Waals surface area contributed by atoms with E-state index in [4.69, 9.17) is 4.42 Å². The van der Waals surface area contributed by atoms with Crippen LogP contribution in [0.2, 0.25) is 0 Å². The molecule has 0 saturated carbocycles. The lowest BCUT2D eigenvalue weighted by atomic mass is 10.3. The van der Waals surface area contributed by atoms with Gasteiger partial charge in [-0.15, -0.1) is 0 Å². The molecular weight excluding hydrogens is 280 g/mol. The molecule has 2 heterocycles. The summed E-state index contributed by atoms with van der Waals surface area (Å²) in [5, 5.41) is 13.3. The lowest BCUT2D eigenvalue weighted by Gasteiger charge is -2.22. The molecule has 0 spiro atoms. The van der Waals surface area contributed by atoms with Gasteiger partial charge in [-0.3, -0.25) is 0 Å². The van der Waals surface area contributed by atoms with Gasteiger partial charge in [-0.25, -0.2) is 4.99 Å². The van der Waals surface area contributed by atoms with E-state index in [0.29, 0.717) is 5.76 Å². The normalized spacial score (nSPS) is 13.2. The van der Waals surface area contributed by atoms with Crippen LogP contribution in [0.15, 0.2) is 46.1 Å². The number of guanidine groups is 1. The van der Waals surface area contributed by atoms with Crippen molar-refractivity contribution in [3.63, 3.8) is 0 Å². The van der Waals surface area contributed by atoms with Crippen molar-refractivity contribution in [1.29, 1.82) is 0 Å². The van der Waals surface area contributed by atoms with Crippen LogP contribution in [0.25, 0.3) is 0 Å². The first-order valence-electron chi connectivity index (χ1n) is 7.43. The molecule has 1 atom stereocenters. The summed E-state index contributed by atoms with van der Waals surface area (Å²) in [5.41, 5.74) is 1.19. The lowest BCUT2D eigenvalue weighted by Crippen LogP contribution is -2.39. The molecule has 0 aliphatic rings. The number of aryl methyl sites for hydroxylation is 1. The Hall–Kier alpha value is -2.21. The molecule has 0 radical (unpaired) electrons. The molecule has 0 aliphatic heterocycles. The van der Waals surface area contributed by atoms with Crippen molar-refractivity contribution in [1.82, 2.24) is 14.8 Å². The van der Waals surface area contributed by atoms with Gasteiger partial charge in [0.05, 0.1) is 19.4 Å². The molecule has 0 aromatic carbocycles. The number of nitrogens with one attached hydrogen (secondary N) is 1. The van der Waals surface area contributed by atoms with E-state index in [2.05, 4.69) is 20.9 Å². The van der Waals surface area contributed by atoms with Gasteiger partial charge in [-0.2, -0.15) is 0 Å². The fourth-order valence-corrected chi connectivity index (χ4v) is 2.19. The quantitative estimate of drug-likeness (QED) is 0.630. The average Bonchev–Trinajstić information content (AvgIpc) is 3.15. The first-order chi connectivity index (χ1) is 10.6. The fraction of sp³-hybridized carbons (Fsp3) is 0.438. The highest BCUT2D eigenvalue weighted by atomic mass is 16.4. The third kappa shape index (κ3) is 4.14. The zero-order chi connectivity index (χ0) is 15.9. The SMILES string of the molecule is CCNC(=NCC(O)c1ccco1)N(C)Cc1cccn1C. The van der Waals surface area contributed by atoms with Crippen molar-refractivity contribution in [2.24, 2.45) is 12.0 Å². The number of aliphatic hydroxyl groups is 1. The van der Waals surface area contributed by atoms with Crippen LogP contribution in [0.4, 0.5) is 0 Å². The Bertz CT molecular complexity index is 589. The third-order valence-electron chi connectivity index (χ3n) is 3.43. The van der Waals surface area contributed by atoms with Crippen molar-refractivity contribution in [2.75, 3.05) is 20.1 Å². The van der Waals surface area contributed by atoms with E-state index in [1.54, 1.807) is 18.4 Å². The number of aliphatic hydroxyl groups excluding tert-OH is 1. The highest BCUT2D eigenvalue weighted by molar-refractivity contribution is 5.79. The molecule has 0 aliphatic carbocycles. The Morgan fingerprint density at radius 2 is 2.27 bits per heavy atom. The van der Waals surface area contributed by atoms with Gasteiger partial charge in [-0.05, 0) is 31.2 Å². The summed E-state index contributed by atoms with van der Waals surface area (Å²) in [5.74, 6) is 1.29. The van der Waals surface area contributed by atoms with E-state index < -0.39 is 6.10 Å². The second-order valence-electron chi connectivity index (χ2n) is 5.19. The van der Waals surface area contributed by atoms with Crippen LogP contribution in [0.5, 0.6) is 0 Å². The molecule has 120 valence electrons. The van der Waals surface area contributed by atoms with Gasteiger partial charge < -0.3 is 24.3 Å². The number of nitrogens with zero attached hydrogens (tertiary/aromatic N) is 3. The third-order valence-corrected chi connectivity index (χ3v) is 3.43. The average molecular weight is 304 g/mol. The van der Waals surface area contributed by atoms with Crippen molar-refractivity contribution in [2.45, 2.75) is 19.6 Å². The van der Waals surface area contributed by atoms with Crippen molar-refractivity contribution >= 4 is 5.96 Å². The van der Waals surface area contributed by atoms with E-state index in [1.165, 1.54) is 5.69 Å². The number of aromatic nitrogens is 1. The second kappa shape index (κ2) is 7.70. The number of rotatable bonds is 6. The van der Waals surface area contributed by atoms with E-state index in [1.807, 2.05) is 38.2 Å². The molecule has 0 saturated heterocycles. The minimum Gasteiger partial charge on any atom is -0.467 e. The van der Waals surface area contributed by atoms with Crippen LogP contribution in [0.1, 0.15) is 24.5 Å². The van der Waals surface area contributed by atoms with Gasteiger partial charge in [0, 0.05) is 32.5 Å². The molecule has 22 heavy (non-hydrogen) atoms. The Morgan fingerprint density at radius 3 is 2.86 bits per heavy atom. The topological polar surface area (TPSA) is 65.9 Å². The number of hydrogen-bond donors (Lipinski definition) is 2. The highest BCUT2D eigenvalue weighted by Gasteiger charge is 2.12. The van der Waals surface area contributed by atoms with Crippen LogP contribution < -0.4 is 5.32 Å². The molecule has 6 heteroatoms.